The molecule has 0 amide bonds. The molecule has 1 heterocycles. The van der Waals surface area contributed by atoms with Crippen molar-refractivity contribution in [1.82, 2.24) is 4.57 Å². The lowest BCUT2D eigenvalue weighted by Gasteiger charge is -2.10. The standard InChI is InChI=1S/C12H9F3N2O4S/c13-12(14,15)19-9-3-1-8(2-4-9)17-7-10(22-21-20-16)5-6-11(17)18/h1-7H,16H2. The predicted molar refractivity (Wildman–Crippen MR) is 70.9 cm³/mol. The number of nitrogens with two attached hydrogens (primary N) is 1. The van der Waals surface area contributed by atoms with Crippen molar-refractivity contribution in [1.29, 1.82) is 0 Å². The Balaban J connectivity index is 2.26. The largest absolute Gasteiger partial charge is 0.573 e. The highest BCUT2D eigenvalue weighted by atomic mass is 32.2. The van der Waals surface area contributed by atoms with Gasteiger partial charge in [0.15, 0.2) is 0 Å². The molecule has 1 aromatic carbocycles. The SMILES string of the molecule is NOOSc1ccc(=O)n(-c2ccc(OC(F)(F)F)cc2)c1. The van der Waals surface area contributed by atoms with Crippen molar-refractivity contribution in [2.75, 3.05) is 0 Å². The van der Waals surface area contributed by atoms with Gasteiger partial charge in [-0.15, -0.1) is 22.5 Å². The molecule has 0 saturated heterocycles. The van der Waals surface area contributed by atoms with Crippen LogP contribution in [0.3, 0.4) is 0 Å². The second-order valence-corrected chi connectivity index (χ2v) is 4.64. The highest BCUT2D eigenvalue weighted by molar-refractivity contribution is 7.94. The van der Waals surface area contributed by atoms with Crippen molar-refractivity contribution >= 4 is 12.0 Å². The summed E-state index contributed by atoms with van der Waals surface area (Å²) in [6, 6.07) is 7.59. The predicted octanol–water partition coefficient (Wildman–Crippen LogP) is 2.57. The summed E-state index contributed by atoms with van der Waals surface area (Å²) >= 11 is 0.769. The average molecular weight is 334 g/mol. The van der Waals surface area contributed by atoms with E-state index in [4.69, 9.17) is 5.90 Å². The van der Waals surface area contributed by atoms with Crippen molar-refractivity contribution in [3.63, 3.8) is 0 Å². The van der Waals surface area contributed by atoms with Crippen LogP contribution in [0.25, 0.3) is 5.69 Å². The summed E-state index contributed by atoms with van der Waals surface area (Å²) in [5, 5.41) is 0. The van der Waals surface area contributed by atoms with E-state index in [0.29, 0.717) is 10.6 Å². The summed E-state index contributed by atoms with van der Waals surface area (Å²) in [7, 11) is 0. The lowest BCUT2D eigenvalue weighted by atomic mass is 10.3. The van der Waals surface area contributed by atoms with E-state index < -0.39 is 6.36 Å². The lowest BCUT2D eigenvalue weighted by molar-refractivity contribution is -0.274. The van der Waals surface area contributed by atoms with Crippen LogP contribution < -0.4 is 16.2 Å². The number of ether oxygens (including phenoxy) is 1. The molecule has 0 aliphatic heterocycles. The first-order valence-electron chi connectivity index (χ1n) is 5.68. The summed E-state index contributed by atoms with van der Waals surface area (Å²) in [5.41, 5.74) is -0.0156. The molecule has 0 unspecified atom stereocenters. The molecule has 10 heteroatoms. The Kier molecular flexibility index (Phi) is 5.08. The lowest BCUT2D eigenvalue weighted by Crippen LogP contribution is -2.18. The van der Waals surface area contributed by atoms with E-state index in [1.54, 1.807) is 0 Å². The van der Waals surface area contributed by atoms with Crippen LogP contribution in [0.4, 0.5) is 13.2 Å². The van der Waals surface area contributed by atoms with Crippen LogP contribution in [-0.4, -0.2) is 10.9 Å². The zero-order chi connectivity index (χ0) is 16.2. The van der Waals surface area contributed by atoms with Crippen molar-refractivity contribution in [2.45, 2.75) is 11.3 Å². The monoisotopic (exact) mass is 334 g/mol. The Hall–Kier alpha value is -2.01. The topological polar surface area (TPSA) is 75.7 Å². The molecule has 2 rings (SSSR count). The fraction of sp³-hybridized carbons (Fsp3) is 0.0833. The van der Waals surface area contributed by atoms with E-state index in [0.717, 1.165) is 24.2 Å². The summed E-state index contributed by atoms with van der Waals surface area (Å²) in [6.07, 6.45) is -3.35. The molecule has 2 N–H and O–H groups in total. The van der Waals surface area contributed by atoms with Gasteiger partial charge in [-0.1, -0.05) is 0 Å². The first kappa shape index (κ1) is 16.4. The second-order valence-electron chi connectivity index (χ2n) is 3.86. The Morgan fingerprint density at radius 2 is 1.77 bits per heavy atom. The zero-order valence-corrected chi connectivity index (χ0v) is 11.6. The van der Waals surface area contributed by atoms with E-state index in [1.165, 1.54) is 35.0 Å². The minimum atomic E-state index is -4.77. The molecule has 0 aliphatic rings. The van der Waals surface area contributed by atoms with Gasteiger partial charge in [-0.2, -0.15) is 5.90 Å². The van der Waals surface area contributed by atoms with Crippen molar-refractivity contribution in [3.05, 3.63) is 52.9 Å². The highest BCUT2D eigenvalue weighted by Crippen LogP contribution is 2.24. The van der Waals surface area contributed by atoms with E-state index in [2.05, 4.69) is 14.1 Å². The molecule has 1 aromatic heterocycles. The number of hydrogen-bond donors (Lipinski definition) is 1. The van der Waals surface area contributed by atoms with Gasteiger partial charge in [0.25, 0.3) is 5.56 Å². The fourth-order valence-corrected chi connectivity index (χ4v) is 1.98. The fourth-order valence-electron chi connectivity index (χ4n) is 1.59. The second kappa shape index (κ2) is 6.83. The highest BCUT2D eigenvalue weighted by Gasteiger charge is 2.30. The number of alkyl halides is 3. The number of rotatable bonds is 5. The molecule has 6 nitrogen and oxygen atoms in total. The number of nitrogens with zero attached hydrogens (tertiary/aromatic N) is 1. The minimum absolute atomic E-state index is 0.357. The summed E-state index contributed by atoms with van der Waals surface area (Å²) in [4.78, 5) is 16.2. The van der Waals surface area contributed by atoms with Gasteiger partial charge in [-0.25, -0.2) is 0 Å². The van der Waals surface area contributed by atoms with Crippen LogP contribution in [0.15, 0.2) is 52.3 Å². The molecule has 22 heavy (non-hydrogen) atoms. The van der Waals surface area contributed by atoms with E-state index in [-0.39, 0.29) is 11.3 Å². The van der Waals surface area contributed by atoms with Gasteiger partial charge >= 0.3 is 6.36 Å². The quantitative estimate of drug-likeness (QED) is 0.514. The number of aromatic nitrogens is 1. The van der Waals surface area contributed by atoms with Crippen LogP contribution in [0, 0.1) is 0 Å². The molecule has 0 radical (unpaired) electrons. The van der Waals surface area contributed by atoms with Crippen LogP contribution in [-0.2, 0) is 9.32 Å². The molecule has 0 atom stereocenters. The molecule has 0 bridgehead atoms. The van der Waals surface area contributed by atoms with E-state index in [1.807, 2.05) is 0 Å². The normalized spacial score (nSPS) is 11.5. The van der Waals surface area contributed by atoms with Gasteiger partial charge in [0.2, 0.25) is 0 Å². The molecular weight excluding hydrogens is 325 g/mol. The van der Waals surface area contributed by atoms with Crippen molar-refractivity contribution in [3.8, 4) is 11.4 Å². The number of benzene rings is 1. The van der Waals surface area contributed by atoms with Crippen LogP contribution in [0.1, 0.15) is 0 Å². The number of halogens is 3. The van der Waals surface area contributed by atoms with Gasteiger partial charge in [0, 0.05) is 18.0 Å². The van der Waals surface area contributed by atoms with E-state index in [9.17, 15) is 18.0 Å². The smallest absolute Gasteiger partial charge is 0.406 e. The first-order chi connectivity index (χ1) is 10.4. The van der Waals surface area contributed by atoms with Crippen molar-refractivity contribution in [2.24, 2.45) is 5.90 Å². The third-order valence-corrected chi connectivity index (χ3v) is 2.98. The Bertz CT molecular complexity index is 688. The molecule has 0 fully saturated rings. The van der Waals surface area contributed by atoms with Crippen LogP contribution >= 0.6 is 12.0 Å². The van der Waals surface area contributed by atoms with E-state index >= 15 is 0 Å². The van der Waals surface area contributed by atoms with Gasteiger partial charge < -0.3 is 4.74 Å². The Labute approximate surface area is 126 Å². The summed E-state index contributed by atoms with van der Waals surface area (Å²) in [6.45, 7) is 0. The minimum Gasteiger partial charge on any atom is -0.406 e. The summed E-state index contributed by atoms with van der Waals surface area (Å²) in [5.74, 6) is 4.33. The van der Waals surface area contributed by atoms with Gasteiger partial charge in [0.05, 0.1) is 16.9 Å². The molecule has 118 valence electrons. The van der Waals surface area contributed by atoms with Gasteiger partial charge in [-0.05, 0) is 30.3 Å². The summed E-state index contributed by atoms with van der Waals surface area (Å²) < 4.78 is 45.7. The maximum atomic E-state index is 12.1. The molecule has 0 aliphatic carbocycles. The maximum Gasteiger partial charge on any atom is 0.573 e. The Morgan fingerprint density at radius 1 is 1.09 bits per heavy atom. The average Bonchev–Trinajstić information content (AvgIpc) is 2.46. The molecule has 0 saturated carbocycles. The Morgan fingerprint density at radius 3 is 2.36 bits per heavy atom. The van der Waals surface area contributed by atoms with Crippen LogP contribution in [0.2, 0.25) is 0 Å². The first-order valence-corrected chi connectivity index (χ1v) is 6.42. The van der Waals surface area contributed by atoms with Crippen LogP contribution in [0.5, 0.6) is 5.75 Å². The molecule has 0 spiro atoms. The third kappa shape index (κ3) is 4.49. The maximum absolute atomic E-state index is 12.1. The molecule has 2 aromatic rings. The zero-order valence-electron chi connectivity index (χ0n) is 10.7. The third-order valence-electron chi connectivity index (χ3n) is 2.40. The van der Waals surface area contributed by atoms with Gasteiger partial charge in [0.1, 0.15) is 5.75 Å². The number of pyridine rings is 1. The number of hydrogen-bond acceptors (Lipinski definition) is 6. The molecular formula is C12H9F3N2O4S. The van der Waals surface area contributed by atoms with Crippen molar-refractivity contribution < 1.29 is 27.2 Å². The van der Waals surface area contributed by atoms with Gasteiger partial charge in [-0.3, -0.25) is 9.36 Å².